The molecule has 0 radical (unpaired) electrons. The first-order valence-corrected chi connectivity index (χ1v) is 11.8. The summed E-state index contributed by atoms with van der Waals surface area (Å²) in [5.41, 5.74) is 1.04. The Morgan fingerprint density at radius 2 is 1.84 bits per heavy atom. The van der Waals surface area contributed by atoms with Crippen LogP contribution in [0.5, 0.6) is 11.6 Å². The Morgan fingerprint density at radius 1 is 1.12 bits per heavy atom. The highest BCUT2D eigenvalue weighted by Crippen LogP contribution is 2.40. The highest BCUT2D eigenvalue weighted by atomic mass is 32.1. The van der Waals surface area contributed by atoms with Gasteiger partial charge in [0.15, 0.2) is 5.82 Å². The lowest BCUT2D eigenvalue weighted by Crippen LogP contribution is -2.49. The average molecular weight is 460 g/mol. The van der Waals surface area contributed by atoms with Crippen LogP contribution in [0.3, 0.4) is 0 Å². The molecule has 172 valence electrons. The Balaban J connectivity index is 1.66. The van der Waals surface area contributed by atoms with Gasteiger partial charge in [-0.25, -0.2) is 9.78 Å². The number of carbonyl (C=O) groups excluding carboxylic acids is 1. The van der Waals surface area contributed by atoms with Crippen molar-refractivity contribution in [2.24, 2.45) is 0 Å². The summed E-state index contributed by atoms with van der Waals surface area (Å²) in [6, 6.07) is 7.77. The SMILES string of the molecule is CCOC(=O)N1CCN(C(c2ccc(OCC)cc2)c2sc3nc(CC)nn3c2O)CC1. The Morgan fingerprint density at radius 3 is 2.44 bits per heavy atom. The predicted octanol–water partition coefficient (Wildman–Crippen LogP) is 3.32. The number of amides is 1. The van der Waals surface area contributed by atoms with Gasteiger partial charge in [-0.1, -0.05) is 30.4 Å². The highest BCUT2D eigenvalue weighted by Gasteiger charge is 2.33. The summed E-state index contributed by atoms with van der Waals surface area (Å²) in [7, 11) is 0. The molecular formula is C22H29N5O4S. The quantitative estimate of drug-likeness (QED) is 0.579. The number of benzene rings is 1. The van der Waals surface area contributed by atoms with Crippen molar-refractivity contribution in [3.8, 4) is 11.6 Å². The van der Waals surface area contributed by atoms with E-state index in [1.165, 1.54) is 15.9 Å². The zero-order chi connectivity index (χ0) is 22.7. The van der Waals surface area contributed by atoms with E-state index in [-0.39, 0.29) is 18.0 Å². The normalized spacial score (nSPS) is 15.8. The molecule has 0 aliphatic carbocycles. The summed E-state index contributed by atoms with van der Waals surface area (Å²) in [5, 5.41) is 15.5. The van der Waals surface area contributed by atoms with Crippen molar-refractivity contribution < 1.29 is 19.4 Å². The number of rotatable bonds is 7. The van der Waals surface area contributed by atoms with Crippen LogP contribution in [-0.2, 0) is 11.2 Å². The lowest BCUT2D eigenvalue weighted by atomic mass is 10.0. The predicted molar refractivity (Wildman–Crippen MR) is 122 cm³/mol. The zero-order valence-corrected chi connectivity index (χ0v) is 19.5. The third kappa shape index (κ3) is 4.37. The van der Waals surface area contributed by atoms with Crippen LogP contribution in [0.1, 0.15) is 43.1 Å². The third-order valence-electron chi connectivity index (χ3n) is 5.52. The van der Waals surface area contributed by atoms with Crippen LogP contribution in [0.15, 0.2) is 24.3 Å². The van der Waals surface area contributed by atoms with E-state index in [4.69, 9.17) is 9.47 Å². The van der Waals surface area contributed by atoms with Gasteiger partial charge < -0.3 is 19.5 Å². The fourth-order valence-corrected chi connectivity index (χ4v) is 5.07. The van der Waals surface area contributed by atoms with Crippen molar-refractivity contribution in [2.75, 3.05) is 39.4 Å². The minimum absolute atomic E-state index is 0.115. The summed E-state index contributed by atoms with van der Waals surface area (Å²) in [5.74, 6) is 1.63. The molecule has 1 aliphatic rings. The maximum Gasteiger partial charge on any atom is 0.409 e. The smallest absolute Gasteiger partial charge is 0.409 e. The molecule has 1 fully saturated rings. The number of aromatic nitrogens is 3. The number of hydrogen-bond donors (Lipinski definition) is 1. The number of nitrogens with zero attached hydrogens (tertiary/aromatic N) is 5. The molecule has 1 atom stereocenters. The van der Waals surface area contributed by atoms with Gasteiger partial charge in [0, 0.05) is 32.6 Å². The number of hydrogen-bond acceptors (Lipinski definition) is 8. The summed E-state index contributed by atoms with van der Waals surface area (Å²) >= 11 is 1.45. The summed E-state index contributed by atoms with van der Waals surface area (Å²) in [6.45, 7) is 9.16. The Hall–Kier alpha value is -2.85. The average Bonchev–Trinajstić information content (AvgIpc) is 3.35. The number of aryl methyl sites for hydroxylation is 1. The van der Waals surface area contributed by atoms with Crippen molar-refractivity contribution >= 4 is 22.4 Å². The van der Waals surface area contributed by atoms with Gasteiger partial charge in [0.2, 0.25) is 10.8 Å². The Kier molecular flexibility index (Phi) is 6.80. The molecule has 2 aromatic heterocycles. The number of ether oxygens (including phenoxy) is 2. The Bertz CT molecular complexity index is 1060. The van der Waals surface area contributed by atoms with Crippen LogP contribution in [0, 0.1) is 0 Å². The monoisotopic (exact) mass is 459 g/mol. The fourth-order valence-electron chi connectivity index (χ4n) is 3.94. The van der Waals surface area contributed by atoms with E-state index in [9.17, 15) is 9.90 Å². The molecular weight excluding hydrogens is 430 g/mol. The van der Waals surface area contributed by atoms with E-state index in [2.05, 4.69) is 15.0 Å². The van der Waals surface area contributed by atoms with Crippen LogP contribution in [-0.4, -0.2) is 75.0 Å². The first-order chi connectivity index (χ1) is 15.5. The number of piperazine rings is 1. The van der Waals surface area contributed by atoms with Gasteiger partial charge in [0.05, 0.1) is 24.1 Å². The molecule has 10 heteroatoms. The van der Waals surface area contributed by atoms with Gasteiger partial charge in [-0.2, -0.15) is 4.52 Å². The summed E-state index contributed by atoms with van der Waals surface area (Å²) in [4.78, 5) is 22.1. The molecule has 1 saturated heterocycles. The number of aromatic hydroxyl groups is 1. The molecule has 1 unspecified atom stereocenters. The van der Waals surface area contributed by atoms with Gasteiger partial charge in [0.1, 0.15) is 5.75 Å². The number of fused-ring (bicyclic) bond motifs is 1. The second-order valence-electron chi connectivity index (χ2n) is 7.49. The van der Waals surface area contributed by atoms with E-state index >= 15 is 0 Å². The zero-order valence-electron chi connectivity index (χ0n) is 18.7. The Labute approximate surface area is 191 Å². The lowest BCUT2D eigenvalue weighted by Gasteiger charge is -2.38. The van der Waals surface area contributed by atoms with Gasteiger partial charge in [-0.15, -0.1) is 5.10 Å². The number of carbonyl (C=O) groups is 1. The van der Waals surface area contributed by atoms with Crippen molar-refractivity contribution in [2.45, 2.75) is 33.2 Å². The molecule has 1 aliphatic heterocycles. The van der Waals surface area contributed by atoms with Crippen molar-refractivity contribution in [1.29, 1.82) is 0 Å². The van der Waals surface area contributed by atoms with E-state index in [1.807, 2.05) is 45.0 Å². The van der Waals surface area contributed by atoms with E-state index < -0.39 is 0 Å². The topological polar surface area (TPSA) is 92.4 Å². The maximum atomic E-state index is 12.1. The minimum atomic E-state index is -0.279. The first-order valence-electron chi connectivity index (χ1n) is 11.0. The van der Waals surface area contributed by atoms with E-state index in [0.29, 0.717) is 56.6 Å². The van der Waals surface area contributed by atoms with Crippen LogP contribution < -0.4 is 4.74 Å². The van der Waals surface area contributed by atoms with Crippen molar-refractivity contribution in [3.05, 3.63) is 40.5 Å². The molecule has 0 bridgehead atoms. The molecule has 1 amide bonds. The molecule has 3 heterocycles. The molecule has 0 saturated carbocycles. The van der Waals surface area contributed by atoms with Crippen molar-refractivity contribution in [1.82, 2.24) is 24.4 Å². The van der Waals surface area contributed by atoms with Crippen LogP contribution in [0.4, 0.5) is 4.79 Å². The molecule has 4 rings (SSSR count). The van der Waals surface area contributed by atoms with Gasteiger partial charge in [-0.05, 0) is 31.5 Å². The summed E-state index contributed by atoms with van der Waals surface area (Å²) in [6.07, 6.45) is 0.430. The number of thiazole rings is 1. The summed E-state index contributed by atoms with van der Waals surface area (Å²) < 4.78 is 12.3. The lowest BCUT2D eigenvalue weighted by molar-refractivity contribution is 0.0715. The minimum Gasteiger partial charge on any atom is -0.494 e. The highest BCUT2D eigenvalue weighted by molar-refractivity contribution is 7.17. The second-order valence-corrected chi connectivity index (χ2v) is 8.50. The van der Waals surface area contributed by atoms with Gasteiger partial charge in [0.25, 0.3) is 0 Å². The van der Waals surface area contributed by atoms with Gasteiger partial charge in [-0.3, -0.25) is 4.90 Å². The molecule has 0 spiro atoms. The van der Waals surface area contributed by atoms with Crippen LogP contribution >= 0.6 is 11.3 Å². The van der Waals surface area contributed by atoms with Crippen LogP contribution in [0.2, 0.25) is 0 Å². The van der Waals surface area contributed by atoms with E-state index in [0.717, 1.165) is 16.2 Å². The fraction of sp³-hybridized carbons (Fsp3) is 0.500. The maximum absolute atomic E-state index is 12.1. The molecule has 9 nitrogen and oxygen atoms in total. The standard InChI is InChI=1S/C22H29N5O4S/c1-4-17-23-21-27(24-17)20(28)19(32-21)18(15-7-9-16(10-8-15)30-5-2)25-11-13-26(14-12-25)22(29)31-6-3/h7-10,18,28H,4-6,11-14H2,1-3H3. The largest absolute Gasteiger partial charge is 0.494 e. The molecule has 32 heavy (non-hydrogen) atoms. The van der Waals surface area contributed by atoms with Gasteiger partial charge >= 0.3 is 6.09 Å². The van der Waals surface area contributed by atoms with E-state index in [1.54, 1.807) is 4.90 Å². The van der Waals surface area contributed by atoms with Crippen LogP contribution in [0.25, 0.3) is 4.96 Å². The third-order valence-corrected chi connectivity index (χ3v) is 6.59. The molecule has 1 N–H and O–H groups in total. The molecule has 1 aromatic carbocycles. The second kappa shape index (κ2) is 9.74. The van der Waals surface area contributed by atoms with Crippen molar-refractivity contribution in [3.63, 3.8) is 0 Å². The molecule has 3 aromatic rings. The first kappa shape index (κ1) is 22.3.